The summed E-state index contributed by atoms with van der Waals surface area (Å²) in [5, 5.41) is 17.1. The second-order valence-corrected chi connectivity index (χ2v) is 5.22. The molecule has 0 fully saturated rings. The molecule has 7 heteroatoms. The summed E-state index contributed by atoms with van der Waals surface area (Å²) >= 11 is 0. The smallest absolute Gasteiger partial charge is 0.194 e. The quantitative estimate of drug-likeness (QED) is 0.612. The van der Waals surface area contributed by atoms with Gasteiger partial charge in [-0.25, -0.2) is 4.98 Å². The third-order valence-corrected chi connectivity index (χ3v) is 2.77. The van der Waals surface area contributed by atoms with Crippen LogP contribution in [0.4, 0.5) is 4.39 Å². The van der Waals surface area contributed by atoms with E-state index in [0.717, 1.165) is 5.69 Å². The maximum Gasteiger partial charge on any atom is 0.194 e. The Bertz CT molecular complexity index is 601. The normalized spacial score (nSPS) is 12.3. The molecule has 1 aromatic heterocycles. The number of halogens is 1. The Morgan fingerprint density at radius 2 is 1.88 bits per heavy atom. The molecule has 2 unspecified atom stereocenters. The summed E-state index contributed by atoms with van der Waals surface area (Å²) in [5.74, 6) is 0.0886. The molecule has 0 aliphatic rings. The van der Waals surface area contributed by atoms with Gasteiger partial charge >= 0.3 is 0 Å². The van der Waals surface area contributed by atoms with Gasteiger partial charge in [0.2, 0.25) is 0 Å². The van der Waals surface area contributed by atoms with Gasteiger partial charge < -0.3 is 14.9 Å². The number of hydrogen-bond donors (Lipinski definition) is 2. The summed E-state index contributed by atoms with van der Waals surface area (Å²) in [7, 11) is 1.52. The van der Waals surface area contributed by atoms with E-state index >= 15 is 0 Å². The van der Waals surface area contributed by atoms with Gasteiger partial charge in [-0.15, -0.1) is 29.8 Å². The molecule has 2 rings (SSSR count). The summed E-state index contributed by atoms with van der Waals surface area (Å²) in [5.41, 5.74) is 1.99. The standard InChI is InChI=1S/C12H10FN2O.C5H12O2.Pt/c1-8-7-14-11(12(15-8)16-2)9-3-5-10(13)6-4-9;1-4(6)3-5(2)7;/h3,5-7H,1-2H3;4-7H,3H2,1-2H3;/q-1;;. The van der Waals surface area contributed by atoms with E-state index in [1.54, 1.807) is 26.1 Å². The Labute approximate surface area is 156 Å². The maximum absolute atomic E-state index is 12.8. The fourth-order valence-electron chi connectivity index (χ4n) is 1.83. The molecule has 0 spiro atoms. The van der Waals surface area contributed by atoms with Crippen molar-refractivity contribution in [2.75, 3.05) is 7.11 Å². The van der Waals surface area contributed by atoms with Crippen LogP contribution in [0, 0.1) is 18.8 Å². The van der Waals surface area contributed by atoms with Crippen LogP contribution in [0.2, 0.25) is 0 Å². The third kappa shape index (κ3) is 7.95. The van der Waals surface area contributed by atoms with Crippen LogP contribution in [0.1, 0.15) is 26.0 Å². The number of aliphatic hydroxyl groups excluding tert-OH is 2. The summed E-state index contributed by atoms with van der Waals surface area (Å²) in [6.45, 7) is 5.15. The fraction of sp³-hybridized carbons (Fsp3) is 0.412. The van der Waals surface area contributed by atoms with Crippen LogP contribution in [0.15, 0.2) is 24.4 Å². The first-order valence-corrected chi connectivity index (χ1v) is 7.24. The largest absolute Gasteiger partial charge is 0.486 e. The average molecular weight is 516 g/mol. The Morgan fingerprint density at radius 1 is 1.25 bits per heavy atom. The predicted octanol–water partition coefficient (Wildman–Crippen LogP) is 2.54. The molecule has 0 radical (unpaired) electrons. The zero-order valence-electron chi connectivity index (χ0n) is 14.1. The van der Waals surface area contributed by atoms with Gasteiger partial charge in [0, 0.05) is 38.8 Å². The Balaban J connectivity index is 0.000000570. The number of aromatic nitrogens is 2. The van der Waals surface area contributed by atoms with Gasteiger partial charge in [0.1, 0.15) is 0 Å². The van der Waals surface area contributed by atoms with Crippen molar-refractivity contribution in [1.82, 2.24) is 9.97 Å². The SMILES string of the molecule is CC(O)CC(C)O.COc1nc(C)cnc1-c1[c-]cc(F)cc1.[Pt]. The van der Waals surface area contributed by atoms with Crippen molar-refractivity contribution >= 4 is 0 Å². The van der Waals surface area contributed by atoms with E-state index in [-0.39, 0.29) is 39.1 Å². The summed E-state index contributed by atoms with van der Waals surface area (Å²) in [4.78, 5) is 8.40. The van der Waals surface area contributed by atoms with Gasteiger partial charge in [0.05, 0.1) is 25.0 Å². The molecular formula is C17H22FN2O3Pt-. The van der Waals surface area contributed by atoms with E-state index in [1.165, 1.54) is 19.2 Å². The fourth-order valence-corrected chi connectivity index (χ4v) is 1.83. The van der Waals surface area contributed by atoms with Crippen molar-refractivity contribution in [3.8, 4) is 17.1 Å². The average Bonchev–Trinajstić information content (AvgIpc) is 2.47. The molecule has 0 amide bonds. The first-order chi connectivity index (χ1) is 10.8. The van der Waals surface area contributed by atoms with Crippen molar-refractivity contribution in [1.29, 1.82) is 0 Å². The van der Waals surface area contributed by atoms with E-state index in [1.807, 2.05) is 6.92 Å². The van der Waals surface area contributed by atoms with Gasteiger partial charge in [-0.05, 0) is 27.2 Å². The number of hydrogen-bond acceptors (Lipinski definition) is 5. The molecule has 2 N–H and O–H groups in total. The van der Waals surface area contributed by atoms with Gasteiger partial charge in [-0.1, -0.05) is 0 Å². The van der Waals surface area contributed by atoms with Crippen LogP contribution in [0.3, 0.4) is 0 Å². The molecule has 0 saturated carbocycles. The summed E-state index contributed by atoms with van der Waals surface area (Å²) in [6.07, 6.45) is 1.36. The molecule has 136 valence electrons. The monoisotopic (exact) mass is 516 g/mol. The Kier molecular flexibility index (Phi) is 10.6. The first-order valence-electron chi connectivity index (χ1n) is 7.24. The van der Waals surface area contributed by atoms with Crippen molar-refractivity contribution in [3.63, 3.8) is 0 Å². The molecular weight excluding hydrogens is 494 g/mol. The summed E-state index contributed by atoms with van der Waals surface area (Å²) < 4.78 is 17.9. The molecule has 2 aromatic rings. The molecule has 5 nitrogen and oxygen atoms in total. The second-order valence-electron chi connectivity index (χ2n) is 5.22. The summed E-state index contributed by atoms with van der Waals surface area (Å²) in [6, 6.07) is 7.00. The number of nitrogens with zero attached hydrogens (tertiary/aromatic N) is 2. The first kappa shape index (κ1) is 22.6. The van der Waals surface area contributed by atoms with Crippen LogP contribution >= 0.6 is 0 Å². The molecule has 1 aromatic carbocycles. The molecule has 1 heterocycles. The number of rotatable bonds is 4. The van der Waals surface area contributed by atoms with E-state index in [4.69, 9.17) is 14.9 Å². The minimum absolute atomic E-state index is 0. The van der Waals surface area contributed by atoms with Gasteiger partial charge in [-0.2, -0.15) is 0 Å². The van der Waals surface area contributed by atoms with Crippen molar-refractivity contribution in [2.45, 2.75) is 39.4 Å². The van der Waals surface area contributed by atoms with Gasteiger partial charge in [-0.3, -0.25) is 9.37 Å². The van der Waals surface area contributed by atoms with Crippen LogP contribution < -0.4 is 4.74 Å². The van der Waals surface area contributed by atoms with Crippen molar-refractivity contribution < 1.29 is 40.4 Å². The number of aryl methyl sites for hydroxylation is 1. The minimum Gasteiger partial charge on any atom is -0.486 e. The maximum atomic E-state index is 12.8. The predicted molar refractivity (Wildman–Crippen MR) is 85.5 cm³/mol. The third-order valence-electron chi connectivity index (χ3n) is 2.77. The molecule has 24 heavy (non-hydrogen) atoms. The zero-order valence-corrected chi connectivity index (χ0v) is 16.3. The van der Waals surface area contributed by atoms with Crippen LogP contribution in [0.5, 0.6) is 5.88 Å². The Hall–Kier alpha value is -1.36. The van der Waals surface area contributed by atoms with Crippen molar-refractivity contribution in [3.05, 3.63) is 42.0 Å². The van der Waals surface area contributed by atoms with Gasteiger partial charge in [0.15, 0.2) is 5.88 Å². The number of ether oxygens (including phenoxy) is 1. The zero-order chi connectivity index (χ0) is 17.4. The minimum atomic E-state index is -0.375. The molecule has 0 bridgehead atoms. The van der Waals surface area contributed by atoms with Crippen LogP contribution in [-0.4, -0.2) is 39.5 Å². The molecule has 0 aliphatic carbocycles. The molecule has 0 saturated heterocycles. The number of aliphatic hydroxyl groups is 2. The second kappa shape index (κ2) is 11.2. The van der Waals surface area contributed by atoms with E-state index < -0.39 is 0 Å². The Morgan fingerprint density at radius 3 is 2.29 bits per heavy atom. The van der Waals surface area contributed by atoms with Gasteiger partial charge in [0.25, 0.3) is 0 Å². The number of methoxy groups -OCH3 is 1. The molecule has 0 aliphatic heterocycles. The van der Waals surface area contributed by atoms with E-state index in [0.29, 0.717) is 23.6 Å². The molecule has 2 atom stereocenters. The van der Waals surface area contributed by atoms with E-state index in [9.17, 15) is 4.39 Å². The number of benzene rings is 1. The van der Waals surface area contributed by atoms with Crippen LogP contribution in [0.25, 0.3) is 11.3 Å². The topological polar surface area (TPSA) is 75.5 Å². The van der Waals surface area contributed by atoms with Crippen LogP contribution in [-0.2, 0) is 21.1 Å². The van der Waals surface area contributed by atoms with Crippen molar-refractivity contribution in [2.24, 2.45) is 0 Å². The van der Waals surface area contributed by atoms with E-state index in [2.05, 4.69) is 16.0 Å².